The van der Waals surface area contributed by atoms with Crippen molar-refractivity contribution in [2.45, 2.75) is 6.42 Å². The van der Waals surface area contributed by atoms with Crippen LogP contribution >= 0.6 is 15.9 Å². The van der Waals surface area contributed by atoms with Gasteiger partial charge in [-0.15, -0.1) is 0 Å². The topological polar surface area (TPSA) is 50.1 Å². The van der Waals surface area contributed by atoms with E-state index in [1.54, 1.807) is 0 Å². The van der Waals surface area contributed by atoms with Gasteiger partial charge < -0.3 is 4.74 Å². The van der Waals surface area contributed by atoms with Crippen molar-refractivity contribution >= 4 is 22.0 Å². The van der Waals surface area contributed by atoms with Crippen LogP contribution in [0.5, 0.6) is 0 Å². The average molecular weight is 181 g/mol. The molecule has 0 spiro atoms. The van der Waals surface area contributed by atoms with E-state index in [4.69, 9.17) is 5.73 Å². The highest BCUT2D eigenvalue weighted by Crippen LogP contribution is 1.87. The Kier molecular flexibility index (Phi) is 4.75. The Morgan fingerprint density at radius 1 is 1.75 bits per heavy atom. The highest BCUT2D eigenvalue weighted by atomic mass is 79.9. The van der Waals surface area contributed by atoms with E-state index in [1.165, 1.54) is 0 Å². The lowest BCUT2D eigenvalue weighted by Crippen LogP contribution is -2.03. The third kappa shape index (κ3) is 5.75. The molecule has 47 valence electrons. The van der Waals surface area contributed by atoms with E-state index in [0.29, 0.717) is 6.61 Å². The van der Waals surface area contributed by atoms with Crippen LogP contribution in [-0.4, -0.2) is 18.0 Å². The number of alkyl halides is 1. The van der Waals surface area contributed by atoms with Crippen LogP contribution in [0.25, 0.3) is 0 Å². The van der Waals surface area contributed by atoms with Crippen LogP contribution in [0, 0.1) is 0 Å². The Morgan fingerprint density at radius 2 is 2.38 bits per heavy atom. The molecule has 0 fully saturated rings. The first kappa shape index (κ1) is 7.75. The molecule has 8 heavy (non-hydrogen) atoms. The smallest absolute Gasteiger partial charge is 0.426 e. The Hall–Kier alpha value is -0.250. The molecule has 0 aliphatic rings. The molecule has 0 rings (SSSR count). The second kappa shape index (κ2) is 4.90. The summed E-state index contributed by atoms with van der Waals surface area (Å²) in [4.78, 5) is 9.75. The Balaban J connectivity index is 2.82. The van der Waals surface area contributed by atoms with Crippen molar-refractivity contribution in [3.8, 4) is 0 Å². The molecule has 0 unspecified atom stereocenters. The van der Waals surface area contributed by atoms with Crippen molar-refractivity contribution in [1.82, 2.24) is 5.73 Å². The second-order valence-electron chi connectivity index (χ2n) is 1.18. The molecule has 1 amide bonds. The normalized spacial score (nSPS) is 8.62. The van der Waals surface area contributed by atoms with Crippen LogP contribution in [-0.2, 0) is 4.74 Å². The summed E-state index contributed by atoms with van der Waals surface area (Å²) in [5.41, 5.74) is 6.28. The molecule has 0 aromatic rings. The minimum absolute atomic E-state index is 0.341. The SMILES string of the molecule is [NH]C(=O)OCCCBr. The summed E-state index contributed by atoms with van der Waals surface area (Å²) in [6.07, 6.45) is -0.184. The van der Waals surface area contributed by atoms with E-state index < -0.39 is 6.09 Å². The van der Waals surface area contributed by atoms with Crippen molar-refractivity contribution in [3.05, 3.63) is 0 Å². The maximum atomic E-state index is 9.75. The van der Waals surface area contributed by atoms with Gasteiger partial charge >= 0.3 is 6.09 Å². The van der Waals surface area contributed by atoms with Gasteiger partial charge in [0.15, 0.2) is 0 Å². The Labute approximate surface area is 56.3 Å². The highest BCUT2D eigenvalue weighted by Gasteiger charge is 1.90. The van der Waals surface area contributed by atoms with Gasteiger partial charge in [0, 0.05) is 5.33 Å². The van der Waals surface area contributed by atoms with E-state index in [-0.39, 0.29) is 0 Å². The first-order chi connectivity index (χ1) is 3.77. The zero-order valence-corrected chi connectivity index (χ0v) is 5.90. The number of carbonyl (C=O) groups excluding carboxylic acids is 1. The number of halogens is 1. The second-order valence-corrected chi connectivity index (χ2v) is 1.97. The molecule has 0 heterocycles. The van der Waals surface area contributed by atoms with Crippen molar-refractivity contribution < 1.29 is 9.53 Å². The standard InChI is InChI=1S/C4H7BrNO2/c5-2-1-3-8-4(6)7/h6H,1-3H2. The summed E-state index contributed by atoms with van der Waals surface area (Å²) < 4.78 is 4.28. The molecule has 0 bridgehead atoms. The van der Waals surface area contributed by atoms with Crippen LogP contribution in [0.2, 0.25) is 0 Å². The van der Waals surface area contributed by atoms with Crippen molar-refractivity contribution in [3.63, 3.8) is 0 Å². The Morgan fingerprint density at radius 3 is 2.75 bits per heavy atom. The fourth-order valence-electron chi connectivity index (χ4n) is 0.219. The first-order valence-corrected chi connectivity index (χ1v) is 3.34. The van der Waals surface area contributed by atoms with Crippen molar-refractivity contribution in [2.75, 3.05) is 11.9 Å². The quantitative estimate of drug-likeness (QED) is 0.485. The number of carbonyl (C=O) groups is 1. The van der Waals surface area contributed by atoms with E-state index in [2.05, 4.69) is 20.7 Å². The molecule has 3 nitrogen and oxygen atoms in total. The fourth-order valence-corrected chi connectivity index (χ4v) is 0.448. The highest BCUT2D eigenvalue weighted by molar-refractivity contribution is 9.09. The lowest BCUT2D eigenvalue weighted by molar-refractivity contribution is 0.155. The summed E-state index contributed by atoms with van der Waals surface area (Å²) in [5.74, 6) is 0. The molecule has 0 aromatic carbocycles. The largest absolute Gasteiger partial charge is 0.448 e. The molecular weight excluding hydrogens is 174 g/mol. The molecule has 1 radical (unpaired) electrons. The molecule has 4 heteroatoms. The third-order valence-electron chi connectivity index (χ3n) is 0.511. The van der Waals surface area contributed by atoms with Crippen LogP contribution in [0.15, 0.2) is 0 Å². The maximum Gasteiger partial charge on any atom is 0.426 e. The summed E-state index contributed by atoms with van der Waals surface area (Å²) >= 11 is 3.15. The molecule has 0 aliphatic carbocycles. The van der Waals surface area contributed by atoms with Gasteiger partial charge in [-0.25, -0.2) is 10.5 Å². The van der Waals surface area contributed by atoms with E-state index in [9.17, 15) is 4.79 Å². The summed E-state index contributed by atoms with van der Waals surface area (Å²) in [5, 5.41) is 0.806. The monoisotopic (exact) mass is 180 g/mol. The van der Waals surface area contributed by atoms with Crippen molar-refractivity contribution in [2.24, 2.45) is 0 Å². The minimum atomic E-state index is -0.953. The van der Waals surface area contributed by atoms with Crippen molar-refractivity contribution in [1.29, 1.82) is 0 Å². The van der Waals surface area contributed by atoms with E-state index >= 15 is 0 Å². The van der Waals surface area contributed by atoms with Crippen LogP contribution < -0.4 is 5.73 Å². The zero-order chi connectivity index (χ0) is 6.41. The fraction of sp³-hybridized carbons (Fsp3) is 0.750. The molecule has 0 saturated heterocycles. The number of hydrogen-bond donors (Lipinski definition) is 0. The molecule has 0 saturated carbocycles. The zero-order valence-electron chi connectivity index (χ0n) is 4.32. The molecule has 0 aliphatic heterocycles. The van der Waals surface area contributed by atoms with Gasteiger partial charge in [0.1, 0.15) is 0 Å². The summed E-state index contributed by atoms with van der Waals surface area (Å²) in [6.45, 7) is 0.341. The van der Waals surface area contributed by atoms with Gasteiger partial charge in [-0.05, 0) is 6.42 Å². The van der Waals surface area contributed by atoms with Gasteiger partial charge in [-0.2, -0.15) is 0 Å². The number of rotatable bonds is 3. The molecular formula is C4H7BrNO2. The van der Waals surface area contributed by atoms with E-state index in [0.717, 1.165) is 11.8 Å². The maximum absolute atomic E-state index is 9.75. The Bertz CT molecular complexity index is 76.4. The number of hydrogen-bond acceptors (Lipinski definition) is 2. The van der Waals surface area contributed by atoms with Crippen LogP contribution in [0.4, 0.5) is 4.79 Å². The third-order valence-corrected chi connectivity index (χ3v) is 1.07. The first-order valence-electron chi connectivity index (χ1n) is 2.21. The predicted molar refractivity (Wildman–Crippen MR) is 32.9 cm³/mol. The van der Waals surface area contributed by atoms with Crippen LogP contribution in [0.1, 0.15) is 6.42 Å². The number of nitrogens with one attached hydrogen (secondary N) is 1. The van der Waals surface area contributed by atoms with E-state index in [1.807, 2.05) is 0 Å². The van der Waals surface area contributed by atoms with Gasteiger partial charge in [-0.3, -0.25) is 0 Å². The molecule has 0 atom stereocenters. The van der Waals surface area contributed by atoms with Gasteiger partial charge in [0.05, 0.1) is 6.61 Å². The van der Waals surface area contributed by atoms with Gasteiger partial charge in [-0.1, -0.05) is 15.9 Å². The molecule has 0 aromatic heterocycles. The summed E-state index contributed by atoms with van der Waals surface area (Å²) in [7, 11) is 0. The number of ether oxygens (including phenoxy) is 1. The molecule has 1 N–H and O–H groups in total. The lowest BCUT2D eigenvalue weighted by Gasteiger charge is -1.94. The van der Waals surface area contributed by atoms with Crippen LogP contribution in [0.3, 0.4) is 0 Å². The lowest BCUT2D eigenvalue weighted by atomic mass is 10.5. The predicted octanol–water partition coefficient (Wildman–Crippen LogP) is 1.19. The average Bonchev–Trinajstić information content (AvgIpc) is 1.66. The number of amides is 1. The minimum Gasteiger partial charge on any atom is -0.448 e. The van der Waals surface area contributed by atoms with Gasteiger partial charge in [0.2, 0.25) is 0 Å². The van der Waals surface area contributed by atoms with Gasteiger partial charge in [0.25, 0.3) is 0 Å². The summed E-state index contributed by atoms with van der Waals surface area (Å²) in [6, 6.07) is 0.